The third-order valence-electron chi connectivity index (χ3n) is 4.37. The lowest BCUT2D eigenvalue weighted by atomic mass is 10.1. The SMILES string of the molecule is Cc1cc(C)n(-c2ccc(COC(=O)CC3CCS(=O)(=O)C3)cc2)n1. The lowest BCUT2D eigenvalue weighted by Gasteiger charge is -2.09. The molecule has 0 amide bonds. The van der Waals surface area contributed by atoms with Gasteiger partial charge in [-0.1, -0.05) is 12.1 Å². The van der Waals surface area contributed by atoms with Crippen LogP contribution in [0.4, 0.5) is 0 Å². The van der Waals surface area contributed by atoms with E-state index in [1.54, 1.807) is 0 Å². The summed E-state index contributed by atoms with van der Waals surface area (Å²) in [6, 6.07) is 9.69. The fourth-order valence-electron chi connectivity index (χ4n) is 3.12. The first-order valence-electron chi connectivity index (χ1n) is 8.31. The van der Waals surface area contributed by atoms with Gasteiger partial charge in [-0.25, -0.2) is 13.1 Å². The molecule has 0 N–H and O–H groups in total. The van der Waals surface area contributed by atoms with Gasteiger partial charge in [0.15, 0.2) is 9.84 Å². The molecule has 6 nitrogen and oxygen atoms in total. The maximum absolute atomic E-state index is 11.9. The molecule has 0 bridgehead atoms. The van der Waals surface area contributed by atoms with E-state index in [1.165, 1.54) is 0 Å². The Morgan fingerprint density at radius 1 is 1.28 bits per heavy atom. The number of carbonyl (C=O) groups is 1. The second-order valence-electron chi connectivity index (χ2n) is 6.64. The van der Waals surface area contributed by atoms with Crippen LogP contribution in [0, 0.1) is 19.8 Å². The van der Waals surface area contributed by atoms with E-state index in [0.717, 1.165) is 22.6 Å². The van der Waals surface area contributed by atoms with Crippen molar-refractivity contribution in [2.24, 2.45) is 5.92 Å². The molecule has 25 heavy (non-hydrogen) atoms. The Morgan fingerprint density at radius 2 is 2.00 bits per heavy atom. The van der Waals surface area contributed by atoms with Crippen LogP contribution in [0.2, 0.25) is 0 Å². The van der Waals surface area contributed by atoms with Gasteiger partial charge in [-0.15, -0.1) is 0 Å². The lowest BCUT2D eigenvalue weighted by Crippen LogP contribution is -2.13. The van der Waals surface area contributed by atoms with Crippen molar-refractivity contribution < 1.29 is 17.9 Å². The van der Waals surface area contributed by atoms with Gasteiger partial charge in [0.1, 0.15) is 6.61 Å². The highest BCUT2D eigenvalue weighted by Gasteiger charge is 2.29. The zero-order chi connectivity index (χ0) is 18.0. The minimum atomic E-state index is -2.96. The van der Waals surface area contributed by atoms with E-state index in [4.69, 9.17) is 4.74 Å². The zero-order valence-corrected chi connectivity index (χ0v) is 15.3. The molecule has 0 aliphatic carbocycles. The maximum Gasteiger partial charge on any atom is 0.306 e. The summed E-state index contributed by atoms with van der Waals surface area (Å²) in [6.07, 6.45) is 0.720. The summed E-state index contributed by atoms with van der Waals surface area (Å²) in [4.78, 5) is 11.9. The molecular formula is C18H22N2O4S. The van der Waals surface area contributed by atoms with Gasteiger partial charge < -0.3 is 4.74 Å². The van der Waals surface area contributed by atoms with Crippen LogP contribution in [0.15, 0.2) is 30.3 Å². The van der Waals surface area contributed by atoms with Crippen LogP contribution >= 0.6 is 0 Å². The Bertz CT molecular complexity index is 869. The molecule has 1 aromatic heterocycles. The Balaban J connectivity index is 1.53. The van der Waals surface area contributed by atoms with Crippen LogP contribution in [0.25, 0.3) is 5.69 Å². The van der Waals surface area contributed by atoms with Crippen molar-refractivity contribution in [3.8, 4) is 5.69 Å². The van der Waals surface area contributed by atoms with Crippen molar-refractivity contribution in [1.82, 2.24) is 9.78 Å². The van der Waals surface area contributed by atoms with E-state index in [-0.39, 0.29) is 36.4 Å². The highest BCUT2D eigenvalue weighted by atomic mass is 32.2. The Morgan fingerprint density at radius 3 is 2.56 bits per heavy atom. The quantitative estimate of drug-likeness (QED) is 0.763. The first-order valence-corrected chi connectivity index (χ1v) is 10.1. The van der Waals surface area contributed by atoms with Crippen molar-refractivity contribution in [2.45, 2.75) is 33.3 Å². The predicted octanol–water partition coefficient (Wildman–Crippen LogP) is 2.36. The van der Waals surface area contributed by atoms with Crippen molar-refractivity contribution in [3.05, 3.63) is 47.3 Å². The predicted molar refractivity (Wildman–Crippen MR) is 94.2 cm³/mol. The number of carbonyl (C=O) groups excluding carboxylic acids is 1. The molecule has 134 valence electrons. The van der Waals surface area contributed by atoms with Gasteiger partial charge in [0.2, 0.25) is 0 Å². The lowest BCUT2D eigenvalue weighted by molar-refractivity contribution is -0.145. The summed E-state index contributed by atoms with van der Waals surface area (Å²) in [5.41, 5.74) is 3.86. The molecule has 1 aliphatic rings. The molecule has 1 fully saturated rings. The van der Waals surface area contributed by atoms with Crippen LogP contribution in [-0.4, -0.2) is 35.7 Å². The Hall–Kier alpha value is -2.15. The van der Waals surface area contributed by atoms with Gasteiger partial charge in [-0.2, -0.15) is 5.10 Å². The van der Waals surface area contributed by atoms with E-state index in [9.17, 15) is 13.2 Å². The molecule has 2 aromatic rings. The number of nitrogens with zero attached hydrogens (tertiary/aromatic N) is 2. The van der Waals surface area contributed by atoms with Gasteiger partial charge in [0.25, 0.3) is 0 Å². The normalized spacial score (nSPS) is 19.0. The van der Waals surface area contributed by atoms with E-state index in [0.29, 0.717) is 6.42 Å². The fraction of sp³-hybridized carbons (Fsp3) is 0.444. The number of ether oxygens (including phenoxy) is 1. The number of aryl methyl sites for hydroxylation is 2. The molecule has 1 atom stereocenters. The number of aromatic nitrogens is 2. The molecule has 1 aromatic carbocycles. The van der Waals surface area contributed by atoms with Gasteiger partial charge in [0.05, 0.1) is 22.9 Å². The minimum absolute atomic E-state index is 0.0967. The molecular weight excluding hydrogens is 340 g/mol. The monoisotopic (exact) mass is 362 g/mol. The third kappa shape index (κ3) is 4.48. The second-order valence-corrected chi connectivity index (χ2v) is 8.87. The Kier molecular flexibility index (Phi) is 4.94. The minimum Gasteiger partial charge on any atom is -0.461 e. The summed E-state index contributed by atoms with van der Waals surface area (Å²) in [5.74, 6) is -0.173. The smallest absolute Gasteiger partial charge is 0.306 e. The first-order chi connectivity index (χ1) is 11.8. The summed E-state index contributed by atoms with van der Waals surface area (Å²) in [5, 5.41) is 4.44. The van der Waals surface area contributed by atoms with E-state index in [1.807, 2.05) is 48.9 Å². The van der Waals surface area contributed by atoms with E-state index < -0.39 is 9.84 Å². The molecule has 0 saturated carbocycles. The molecule has 3 rings (SSSR count). The van der Waals surface area contributed by atoms with Crippen molar-refractivity contribution in [3.63, 3.8) is 0 Å². The third-order valence-corrected chi connectivity index (χ3v) is 6.21. The molecule has 0 radical (unpaired) electrons. The first kappa shape index (κ1) is 17.7. The van der Waals surface area contributed by atoms with Gasteiger partial charge in [-0.05, 0) is 49.9 Å². The summed E-state index contributed by atoms with van der Waals surface area (Å²) >= 11 is 0. The van der Waals surface area contributed by atoms with Crippen LogP contribution in [0.3, 0.4) is 0 Å². The summed E-state index contributed by atoms with van der Waals surface area (Å²) in [7, 11) is -2.96. The second kappa shape index (κ2) is 7.00. The Labute approximate surface area is 147 Å². The number of esters is 1. The summed E-state index contributed by atoms with van der Waals surface area (Å²) < 4.78 is 30.0. The number of hydrogen-bond acceptors (Lipinski definition) is 5. The molecule has 1 saturated heterocycles. The van der Waals surface area contributed by atoms with Gasteiger partial charge >= 0.3 is 5.97 Å². The number of hydrogen-bond donors (Lipinski definition) is 0. The molecule has 1 aliphatic heterocycles. The summed E-state index contributed by atoms with van der Waals surface area (Å²) in [6.45, 7) is 4.14. The fourth-order valence-corrected chi connectivity index (χ4v) is 4.98. The van der Waals surface area contributed by atoms with Gasteiger partial charge in [-0.3, -0.25) is 4.79 Å². The highest BCUT2D eigenvalue weighted by Crippen LogP contribution is 2.22. The van der Waals surface area contributed by atoms with Crippen molar-refractivity contribution in [1.29, 1.82) is 0 Å². The van der Waals surface area contributed by atoms with Crippen molar-refractivity contribution in [2.75, 3.05) is 11.5 Å². The average Bonchev–Trinajstić information content (AvgIpc) is 3.07. The van der Waals surface area contributed by atoms with Crippen LogP contribution < -0.4 is 0 Å². The number of benzene rings is 1. The average molecular weight is 362 g/mol. The van der Waals surface area contributed by atoms with Crippen LogP contribution in [-0.2, 0) is 26.0 Å². The zero-order valence-electron chi connectivity index (χ0n) is 14.4. The van der Waals surface area contributed by atoms with E-state index in [2.05, 4.69) is 5.10 Å². The molecule has 0 spiro atoms. The molecule has 1 unspecified atom stereocenters. The molecule has 2 heterocycles. The topological polar surface area (TPSA) is 78.3 Å². The van der Waals surface area contributed by atoms with Gasteiger partial charge in [0, 0.05) is 12.1 Å². The number of sulfone groups is 1. The standard InChI is InChI=1S/C18H22N2O4S/c1-13-9-14(2)20(19-13)17-5-3-15(4-6-17)11-24-18(21)10-16-7-8-25(22,23)12-16/h3-6,9,16H,7-8,10-12H2,1-2H3. The van der Waals surface area contributed by atoms with Crippen LogP contribution in [0.1, 0.15) is 29.8 Å². The highest BCUT2D eigenvalue weighted by molar-refractivity contribution is 7.91. The van der Waals surface area contributed by atoms with Crippen LogP contribution in [0.5, 0.6) is 0 Å². The largest absolute Gasteiger partial charge is 0.461 e. The van der Waals surface area contributed by atoms with Crippen molar-refractivity contribution >= 4 is 15.8 Å². The molecule has 7 heteroatoms. The number of rotatable bonds is 5. The maximum atomic E-state index is 11.9. The van der Waals surface area contributed by atoms with E-state index >= 15 is 0 Å².